The van der Waals surface area contributed by atoms with Crippen LogP contribution in [0.25, 0.3) is 16.7 Å². The zero-order valence-corrected chi connectivity index (χ0v) is 19.9. The minimum absolute atomic E-state index is 0.0127. The van der Waals surface area contributed by atoms with E-state index in [1.807, 2.05) is 55.1 Å². The normalized spacial score (nSPS) is 14.0. The van der Waals surface area contributed by atoms with Crippen LogP contribution in [0.2, 0.25) is 5.02 Å². The van der Waals surface area contributed by atoms with Crippen LogP contribution in [0, 0.1) is 13.8 Å². The lowest BCUT2D eigenvalue weighted by Crippen LogP contribution is -2.50. The van der Waals surface area contributed by atoms with Gasteiger partial charge in [0.1, 0.15) is 17.9 Å². The third kappa shape index (κ3) is 4.41. The van der Waals surface area contributed by atoms with Gasteiger partial charge in [0.05, 0.1) is 17.3 Å². The topological polar surface area (TPSA) is 76.4 Å². The number of nitrogens with zero attached hydrogens (tertiary/aromatic N) is 6. The molecule has 1 aliphatic rings. The number of rotatable bonds is 5. The van der Waals surface area contributed by atoms with Gasteiger partial charge in [-0.15, -0.1) is 0 Å². The third-order valence-electron chi connectivity index (χ3n) is 6.01. The number of ether oxygens (including phenoxy) is 1. The van der Waals surface area contributed by atoms with Crippen molar-refractivity contribution >= 4 is 34.4 Å². The molecule has 0 aliphatic carbocycles. The molecule has 0 radical (unpaired) electrons. The second-order valence-corrected chi connectivity index (χ2v) is 8.83. The Labute approximate surface area is 202 Å². The predicted octanol–water partition coefficient (Wildman–Crippen LogP) is 3.81. The first-order valence-corrected chi connectivity index (χ1v) is 11.5. The zero-order valence-electron chi connectivity index (χ0n) is 19.1. The molecule has 2 aromatic heterocycles. The highest BCUT2D eigenvalue weighted by Crippen LogP contribution is 2.26. The maximum Gasteiger partial charge on any atom is 0.260 e. The summed E-state index contributed by atoms with van der Waals surface area (Å²) in [5.74, 6) is 1.55. The van der Waals surface area contributed by atoms with E-state index in [4.69, 9.17) is 16.3 Å². The summed E-state index contributed by atoms with van der Waals surface area (Å²) in [6, 6.07) is 13.4. The Morgan fingerprint density at radius 2 is 1.88 bits per heavy atom. The molecule has 1 aliphatic heterocycles. The summed E-state index contributed by atoms with van der Waals surface area (Å²) in [4.78, 5) is 25.7. The molecule has 4 aromatic rings. The first-order chi connectivity index (χ1) is 16.5. The summed E-state index contributed by atoms with van der Waals surface area (Å²) in [6.45, 7) is 6.60. The molecule has 8 nitrogen and oxygen atoms in total. The molecule has 0 N–H and O–H groups in total. The molecule has 34 heavy (non-hydrogen) atoms. The van der Waals surface area contributed by atoms with E-state index in [2.05, 4.69) is 26.0 Å². The fraction of sp³-hybridized carbons (Fsp3) is 0.280. The maximum atomic E-state index is 12.7. The Balaban J connectivity index is 1.25. The van der Waals surface area contributed by atoms with E-state index >= 15 is 0 Å². The molecule has 0 bridgehead atoms. The van der Waals surface area contributed by atoms with E-state index in [9.17, 15) is 4.79 Å². The van der Waals surface area contributed by atoms with Crippen LogP contribution in [-0.4, -0.2) is 63.3 Å². The largest absolute Gasteiger partial charge is 0.484 e. The van der Waals surface area contributed by atoms with Gasteiger partial charge in [0.2, 0.25) is 0 Å². The molecular weight excluding hydrogens is 452 g/mol. The van der Waals surface area contributed by atoms with Crippen molar-refractivity contribution < 1.29 is 9.53 Å². The number of piperazine rings is 1. The van der Waals surface area contributed by atoms with Crippen LogP contribution in [0.3, 0.4) is 0 Å². The predicted molar refractivity (Wildman–Crippen MR) is 132 cm³/mol. The van der Waals surface area contributed by atoms with E-state index in [0.717, 1.165) is 28.2 Å². The highest BCUT2D eigenvalue weighted by atomic mass is 35.5. The molecule has 0 atom stereocenters. The number of carbonyl (C=O) groups excluding carboxylic acids is 1. The summed E-state index contributed by atoms with van der Waals surface area (Å²) in [5.41, 5.74) is 3.76. The lowest BCUT2D eigenvalue weighted by molar-refractivity contribution is -0.133. The minimum atomic E-state index is -0.0127. The molecule has 9 heteroatoms. The first kappa shape index (κ1) is 22.2. The Morgan fingerprint density at radius 1 is 1.06 bits per heavy atom. The average Bonchev–Trinajstić information content (AvgIpc) is 3.28. The molecular formula is C25H25ClN6O2. The number of hydrogen-bond acceptors (Lipinski definition) is 6. The summed E-state index contributed by atoms with van der Waals surface area (Å²) in [6.07, 6.45) is 3.33. The average molecular weight is 477 g/mol. The lowest BCUT2D eigenvalue weighted by Gasteiger charge is -2.35. The van der Waals surface area contributed by atoms with Crippen LogP contribution in [0.5, 0.6) is 5.75 Å². The second kappa shape index (κ2) is 9.30. The van der Waals surface area contributed by atoms with Crippen molar-refractivity contribution in [3.05, 3.63) is 71.1 Å². The van der Waals surface area contributed by atoms with Gasteiger partial charge in [-0.2, -0.15) is 5.10 Å². The molecule has 1 fully saturated rings. The second-order valence-electron chi connectivity index (χ2n) is 8.40. The Bertz CT molecular complexity index is 1350. The molecule has 1 saturated heterocycles. The number of aromatic nitrogens is 4. The van der Waals surface area contributed by atoms with Crippen molar-refractivity contribution in [1.82, 2.24) is 24.6 Å². The van der Waals surface area contributed by atoms with Gasteiger partial charge in [0.15, 0.2) is 12.3 Å². The van der Waals surface area contributed by atoms with Gasteiger partial charge in [0.25, 0.3) is 5.91 Å². The van der Waals surface area contributed by atoms with Gasteiger partial charge in [-0.3, -0.25) is 4.79 Å². The van der Waals surface area contributed by atoms with Crippen molar-refractivity contribution in [2.45, 2.75) is 13.8 Å². The van der Waals surface area contributed by atoms with Gasteiger partial charge in [-0.05, 0) is 43.7 Å². The number of benzene rings is 2. The van der Waals surface area contributed by atoms with E-state index in [-0.39, 0.29) is 12.5 Å². The van der Waals surface area contributed by atoms with E-state index in [0.29, 0.717) is 36.8 Å². The summed E-state index contributed by atoms with van der Waals surface area (Å²) in [7, 11) is 0. The van der Waals surface area contributed by atoms with Crippen LogP contribution in [-0.2, 0) is 4.79 Å². The minimum Gasteiger partial charge on any atom is -0.484 e. The fourth-order valence-corrected chi connectivity index (χ4v) is 4.42. The number of halogens is 1. The quantitative estimate of drug-likeness (QED) is 0.436. The van der Waals surface area contributed by atoms with Gasteiger partial charge in [-0.25, -0.2) is 14.6 Å². The third-order valence-corrected chi connectivity index (χ3v) is 6.25. The Morgan fingerprint density at radius 3 is 2.65 bits per heavy atom. The molecule has 0 saturated carbocycles. The number of anilines is 1. The molecule has 3 heterocycles. The molecule has 5 rings (SSSR count). The van der Waals surface area contributed by atoms with Crippen LogP contribution < -0.4 is 9.64 Å². The Kier molecular flexibility index (Phi) is 6.06. The number of hydrogen-bond donors (Lipinski definition) is 0. The molecule has 174 valence electrons. The van der Waals surface area contributed by atoms with Crippen molar-refractivity contribution in [2.24, 2.45) is 0 Å². The van der Waals surface area contributed by atoms with Crippen LogP contribution in [0.15, 0.2) is 55.0 Å². The van der Waals surface area contributed by atoms with Gasteiger partial charge >= 0.3 is 0 Å². The van der Waals surface area contributed by atoms with Gasteiger partial charge in [0, 0.05) is 31.2 Å². The Hall–Kier alpha value is -3.65. The number of aryl methyl sites for hydroxylation is 2. The van der Waals surface area contributed by atoms with Gasteiger partial charge < -0.3 is 14.5 Å². The molecule has 1 amide bonds. The first-order valence-electron chi connectivity index (χ1n) is 11.2. The van der Waals surface area contributed by atoms with E-state index in [1.54, 1.807) is 17.2 Å². The zero-order chi connectivity index (χ0) is 23.7. The van der Waals surface area contributed by atoms with E-state index < -0.39 is 0 Å². The summed E-state index contributed by atoms with van der Waals surface area (Å²) >= 11 is 6.15. The fourth-order valence-electron chi connectivity index (χ4n) is 4.24. The SMILES string of the molecule is Cc1ccc(OCC(=O)N2CCN(c3ncnc4c3cnn4-c3cccc(Cl)c3)CC2)c(C)c1. The maximum absolute atomic E-state index is 12.7. The monoisotopic (exact) mass is 476 g/mol. The van der Waals surface area contributed by atoms with Crippen molar-refractivity contribution in [1.29, 1.82) is 0 Å². The van der Waals surface area contributed by atoms with Crippen molar-refractivity contribution in [3.63, 3.8) is 0 Å². The van der Waals surface area contributed by atoms with Crippen LogP contribution >= 0.6 is 11.6 Å². The summed E-state index contributed by atoms with van der Waals surface area (Å²) < 4.78 is 7.54. The lowest BCUT2D eigenvalue weighted by atomic mass is 10.1. The molecule has 0 unspecified atom stereocenters. The van der Waals surface area contributed by atoms with Crippen LogP contribution in [0.1, 0.15) is 11.1 Å². The highest BCUT2D eigenvalue weighted by Gasteiger charge is 2.24. The molecule has 0 spiro atoms. The van der Waals surface area contributed by atoms with Crippen LogP contribution in [0.4, 0.5) is 5.82 Å². The van der Waals surface area contributed by atoms with Gasteiger partial charge in [-0.1, -0.05) is 35.4 Å². The highest BCUT2D eigenvalue weighted by molar-refractivity contribution is 6.30. The van der Waals surface area contributed by atoms with Crippen molar-refractivity contribution in [3.8, 4) is 11.4 Å². The van der Waals surface area contributed by atoms with Crippen molar-refractivity contribution in [2.75, 3.05) is 37.7 Å². The number of amides is 1. The summed E-state index contributed by atoms with van der Waals surface area (Å²) in [5, 5.41) is 6.02. The number of carbonyl (C=O) groups is 1. The molecule has 2 aromatic carbocycles. The van der Waals surface area contributed by atoms with E-state index in [1.165, 1.54) is 5.56 Å². The number of fused-ring (bicyclic) bond motifs is 1. The standard InChI is InChI=1S/C25H25ClN6O2/c1-17-6-7-22(18(2)12-17)34-15-23(33)30-8-10-31(11-9-30)24-21-14-29-32(25(21)28-16-27-24)20-5-3-4-19(26)13-20/h3-7,12-14,16H,8-11,15H2,1-2H3. The smallest absolute Gasteiger partial charge is 0.260 e.